The quantitative estimate of drug-likeness (QED) is 0.790. The Balaban J connectivity index is 2.02. The van der Waals surface area contributed by atoms with Gasteiger partial charge in [0.2, 0.25) is 5.91 Å². The van der Waals surface area contributed by atoms with Crippen molar-refractivity contribution in [2.24, 2.45) is 0 Å². The van der Waals surface area contributed by atoms with E-state index < -0.39 is 29.6 Å². The molecule has 2 aromatic heterocycles. The lowest BCUT2D eigenvalue weighted by atomic mass is 10.1. The second kappa shape index (κ2) is 4.92. The molecular formula is C15H12F3N3O2S. The molecule has 1 saturated heterocycles. The van der Waals surface area contributed by atoms with Crippen LogP contribution in [-0.4, -0.2) is 34.3 Å². The average Bonchev–Trinajstić information content (AvgIpc) is 3.07. The summed E-state index contributed by atoms with van der Waals surface area (Å²) in [6.45, 7) is 1.90. The van der Waals surface area contributed by atoms with Gasteiger partial charge in [0.05, 0.1) is 11.3 Å². The summed E-state index contributed by atoms with van der Waals surface area (Å²) < 4.78 is 40.3. The number of hydrogen-bond acceptors (Lipinski definition) is 4. The van der Waals surface area contributed by atoms with Crippen molar-refractivity contribution < 1.29 is 22.8 Å². The van der Waals surface area contributed by atoms with Gasteiger partial charge in [-0.1, -0.05) is 0 Å². The zero-order valence-corrected chi connectivity index (χ0v) is 13.3. The van der Waals surface area contributed by atoms with Crippen LogP contribution in [0.5, 0.6) is 0 Å². The molecule has 2 amide bonds. The normalized spacial score (nSPS) is 20.8. The number of pyridine rings is 1. The fraction of sp³-hybridized carbons (Fsp3) is 0.400. The number of anilines is 1. The average molecular weight is 355 g/mol. The fourth-order valence-electron chi connectivity index (χ4n) is 3.33. The number of alkyl halides is 3. The largest absolute Gasteiger partial charge is 0.417 e. The van der Waals surface area contributed by atoms with Crippen LogP contribution in [0.3, 0.4) is 0 Å². The highest BCUT2D eigenvalue weighted by Crippen LogP contribution is 2.45. The van der Waals surface area contributed by atoms with E-state index in [1.807, 2.05) is 0 Å². The van der Waals surface area contributed by atoms with Gasteiger partial charge >= 0.3 is 6.18 Å². The number of halogens is 3. The lowest BCUT2D eigenvalue weighted by Crippen LogP contribution is -2.40. The lowest BCUT2D eigenvalue weighted by molar-refractivity contribution is -0.136. The van der Waals surface area contributed by atoms with E-state index in [9.17, 15) is 22.8 Å². The molecule has 4 rings (SSSR count). The predicted octanol–water partition coefficient (Wildman–Crippen LogP) is 3.18. The molecule has 4 heterocycles. The van der Waals surface area contributed by atoms with Crippen molar-refractivity contribution >= 4 is 39.1 Å². The van der Waals surface area contributed by atoms with Crippen LogP contribution in [0.15, 0.2) is 6.07 Å². The minimum atomic E-state index is -4.60. The Morgan fingerprint density at radius 2 is 2.12 bits per heavy atom. The Morgan fingerprint density at radius 3 is 2.83 bits per heavy atom. The summed E-state index contributed by atoms with van der Waals surface area (Å²) in [5, 5.41) is 2.35. The Hall–Kier alpha value is -2.16. The van der Waals surface area contributed by atoms with Crippen molar-refractivity contribution in [3.8, 4) is 0 Å². The van der Waals surface area contributed by atoms with E-state index in [0.29, 0.717) is 19.4 Å². The first-order chi connectivity index (χ1) is 11.3. The number of hydrogen-bond donors (Lipinski definition) is 1. The number of amides is 2. The van der Waals surface area contributed by atoms with Crippen molar-refractivity contribution in [3.05, 3.63) is 22.2 Å². The Kier molecular flexibility index (Phi) is 3.15. The van der Waals surface area contributed by atoms with Gasteiger partial charge in [-0.05, 0) is 25.8 Å². The number of thiophene rings is 1. The van der Waals surface area contributed by atoms with Crippen molar-refractivity contribution in [3.63, 3.8) is 0 Å². The van der Waals surface area contributed by atoms with Gasteiger partial charge in [-0.3, -0.25) is 9.59 Å². The summed E-state index contributed by atoms with van der Waals surface area (Å²) in [5.74, 6) is -0.840. The fourth-order valence-corrected chi connectivity index (χ4v) is 4.49. The van der Waals surface area contributed by atoms with E-state index in [0.717, 1.165) is 17.4 Å². The molecule has 2 aliphatic rings. The molecule has 2 aromatic rings. The molecule has 0 unspecified atom stereocenters. The molecule has 2 aliphatic heterocycles. The minimum absolute atomic E-state index is 0.0563. The molecule has 1 N–H and O–H groups in total. The standard InChI is InChI=1S/C15H12F3N3O2S/c1-6-5-7(15(16,17)18)9-10-11(24-13(9)19-6)14(23)21-4-2-3-8(21)12(22)20-10/h5,8H,2-4H2,1H3,(H,20,22)/t8-/m1/s1. The van der Waals surface area contributed by atoms with E-state index in [4.69, 9.17) is 0 Å². The van der Waals surface area contributed by atoms with Gasteiger partial charge in [0.15, 0.2) is 0 Å². The van der Waals surface area contributed by atoms with Gasteiger partial charge in [-0.15, -0.1) is 11.3 Å². The van der Waals surface area contributed by atoms with E-state index in [2.05, 4.69) is 10.3 Å². The maximum Gasteiger partial charge on any atom is 0.417 e. The Labute approximate surface area is 138 Å². The summed E-state index contributed by atoms with van der Waals surface area (Å²) >= 11 is 0.900. The van der Waals surface area contributed by atoms with Crippen molar-refractivity contribution in [2.75, 3.05) is 11.9 Å². The molecule has 0 saturated carbocycles. The van der Waals surface area contributed by atoms with E-state index >= 15 is 0 Å². The summed E-state index contributed by atoms with van der Waals surface area (Å²) in [6, 6.07) is 0.331. The summed E-state index contributed by atoms with van der Waals surface area (Å²) in [5.41, 5.74) is -0.721. The van der Waals surface area contributed by atoms with Crippen LogP contribution in [0.4, 0.5) is 18.9 Å². The molecule has 24 heavy (non-hydrogen) atoms. The van der Waals surface area contributed by atoms with Gasteiger partial charge in [-0.2, -0.15) is 13.2 Å². The number of aromatic nitrogens is 1. The van der Waals surface area contributed by atoms with Crippen LogP contribution in [0.25, 0.3) is 10.2 Å². The molecular weight excluding hydrogens is 343 g/mol. The van der Waals surface area contributed by atoms with Crippen LogP contribution < -0.4 is 5.32 Å². The SMILES string of the molecule is Cc1cc(C(F)(F)F)c2c3c(sc2n1)C(=O)N1CCC[C@@H]1C(=O)N3. The highest BCUT2D eigenvalue weighted by Gasteiger charge is 2.42. The zero-order valence-electron chi connectivity index (χ0n) is 12.5. The molecule has 5 nitrogen and oxygen atoms in total. The molecule has 0 bridgehead atoms. The maximum absolute atomic E-state index is 13.4. The molecule has 9 heteroatoms. The topological polar surface area (TPSA) is 62.3 Å². The van der Waals surface area contributed by atoms with Crippen LogP contribution in [0, 0.1) is 6.92 Å². The minimum Gasteiger partial charge on any atom is -0.326 e. The molecule has 1 atom stereocenters. The Bertz CT molecular complexity index is 890. The molecule has 0 spiro atoms. The number of carbonyl (C=O) groups is 2. The maximum atomic E-state index is 13.4. The summed E-state index contributed by atoms with van der Waals surface area (Å²) in [7, 11) is 0. The smallest absolute Gasteiger partial charge is 0.326 e. The van der Waals surface area contributed by atoms with Gasteiger partial charge < -0.3 is 10.2 Å². The first-order valence-corrected chi connectivity index (χ1v) is 8.22. The highest BCUT2D eigenvalue weighted by molar-refractivity contribution is 7.21. The molecule has 0 aromatic carbocycles. The van der Waals surface area contributed by atoms with E-state index in [1.165, 1.54) is 11.8 Å². The van der Waals surface area contributed by atoms with E-state index in [1.54, 1.807) is 0 Å². The van der Waals surface area contributed by atoms with Gasteiger partial charge in [-0.25, -0.2) is 4.98 Å². The molecule has 0 aliphatic carbocycles. The molecule has 0 radical (unpaired) electrons. The first-order valence-electron chi connectivity index (χ1n) is 7.40. The Morgan fingerprint density at radius 1 is 1.38 bits per heavy atom. The van der Waals surface area contributed by atoms with Crippen LogP contribution in [0.2, 0.25) is 0 Å². The summed E-state index contributed by atoms with van der Waals surface area (Å²) in [6.07, 6.45) is -3.37. The number of rotatable bonds is 0. The van der Waals surface area contributed by atoms with Gasteiger partial charge in [0, 0.05) is 17.6 Å². The van der Waals surface area contributed by atoms with Crippen molar-refractivity contribution in [1.29, 1.82) is 0 Å². The van der Waals surface area contributed by atoms with Crippen LogP contribution in [-0.2, 0) is 11.0 Å². The van der Waals surface area contributed by atoms with Gasteiger partial charge in [0.25, 0.3) is 5.91 Å². The number of nitrogens with zero attached hydrogens (tertiary/aromatic N) is 2. The second-order valence-corrected chi connectivity index (χ2v) is 6.94. The number of nitrogens with one attached hydrogen (secondary N) is 1. The summed E-state index contributed by atoms with van der Waals surface area (Å²) in [4.78, 5) is 30.9. The van der Waals surface area contributed by atoms with Crippen molar-refractivity contribution in [1.82, 2.24) is 9.88 Å². The third-order valence-electron chi connectivity index (χ3n) is 4.35. The lowest BCUT2D eigenvalue weighted by Gasteiger charge is -2.19. The van der Waals surface area contributed by atoms with Crippen LogP contribution in [0.1, 0.15) is 33.8 Å². The zero-order chi connectivity index (χ0) is 17.2. The number of aryl methyl sites for hydroxylation is 1. The molecule has 1 fully saturated rings. The molecule has 126 valence electrons. The predicted molar refractivity (Wildman–Crippen MR) is 82.0 cm³/mol. The number of fused-ring (bicyclic) bond motifs is 4. The number of carbonyl (C=O) groups excluding carboxylic acids is 2. The monoisotopic (exact) mass is 355 g/mol. The third kappa shape index (κ3) is 2.10. The first kappa shape index (κ1) is 15.4. The highest BCUT2D eigenvalue weighted by atomic mass is 32.1. The van der Waals surface area contributed by atoms with Gasteiger partial charge in [0.1, 0.15) is 15.7 Å². The van der Waals surface area contributed by atoms with Crippen LogP contribution >= 0.6 is 11.3 Å². The van der Waals surface area contributed by atoms with E-state index in [-0.39, 0.29) is 26.5 Å². The van der Waals surface area contributed by atoms with Crippen molar-refractivity contribution in [2.45, 2.75) is 32.0 Å². The second-order valence-electron chi connectivity index (χ2n) is 5.94. The third-order valence-corrected chi connectivity index (χ3v) is 5.43.